The first kappa shape index (κ1) is 19.6. The second-order valence-electron chi connectivity index (χ2n) is 8.74. The largest absolute Gasteiger partial charge is 0.600 e. The van der Waals surface area contributed by atoms with Crippen molar-refractivity contribution in [1.82, 2.24) is 0 Å². The molecule has 0 saturated heterocycles. The summed E-state index contributed by atoms with van der Waals surface area (Å²) in [5.41, 5.74) is 0. The minimum Gasteiger partial charge on any atom is -0.600 e. The topological polar surface area (TPSA) is 46.0 Å². The molecule has 3 aliphatic rings. The van der Waals surface area contributed by atoms with Gasteiger partial charge in [0.05, 0.1) is 6.10 Å². The van der Waals surface area contributed by atoms with Crippen molar-refractivity contribution in [2.45, 2.75) is 115 Å². The first-order valence-corrected chi connectivity index (χ1v) is 11.0. The maximum Gasteiger partial charge on any atom is 0.120 e. The van der Waals surface area contributed by atoms with Crippen LogP contribution in [0.1, 0.15) is 96.3 Å². The van der Waals surface area contributed by atoms with E-state index in [0.717, 1.165) is 38.0 Å². The summed E-state index contributed by atoms with van der Waals surface area (Å²) in [6.07, 6.45) is 18.9. The van der Waals surface area contributed by atoms with Crippen molar-refractivity contribution in [2.75, 3.05) is 7.11 Å². The van der Waals surface area contributed by atoms with E-state index in [-0.39, 0.29) is 23.5 Å². The van der Waals surface area contributed by atoms with Crippen LogP contribution in [0.5, 0.6) is 0 Å². The second kappa shape index (κ2) is 10.2. The summed E-state index contributed by atoms with van der Waals surface area (Å²) in [6.45, 7) is 0. The van der Waals surface area contributed by atoms with E-state index in [2.05, 4.69) is 0 Å². The van der Waals surface area contributed by atoms with Gasteiger partial charge in [0.2, 0.25) is 0 Å². The lowest BCUT2D eigenvalue weighted by Gasteiger charge is -2.43. The first-order valence-electron chi connectivity index (χ1n) is 11.0. The van der Waals surface area contributed by atoms with Gasteiger partial charge in [0, 0.05) is 25.9 Å². The number of hydrogen-bond acceptors (Lipinski definition) is 3. The Labute approximate surface area is 154 Å². The van der Waals surface area contributed by atoms with Crippen LogP contribution >= 0.6 is 0 Å². The Hall–Kier alpha value is -0.160. The number of methoxy groups -OCH3 is 1. The average molecular weight is 354 g/mol. The molecule has 25 heavy (non-hydrogen) atoms. The van der Waals surface area contributed by atoms with Crippen LogP contribution in [0.4, 0.5) is 0 Å². The van der Waals surface area contributed by atoms with Gasteiger partial charge in [-0.1, -0.05) is 38.5 Å². The molecule has 0 spiro atoms. The van der Waals surface area contributed by atoms with Crippen molar-refractivity contribution in [2.24, 2.45) is 11.8 Å². The SMILES string of the molecule is COC1CCCC(O[NH+]([O-])C2CCCCC2C2CCCCCCC2)C1. The molecule has 3 fully saturated rings. The lowest BCUT2D eigenvalue weighted by Crippen LogP contribution is -3.12. The molecule has 0 aliphatic heterocycles. The van der Waals surface area contributed by atoms with Crippen LogP contribution in [0.15, 0.2) is 0 Å². The molecular weight excluding hydrogens is 314 g/mol. The fourth-order valence-electron chi connectivity index (χ4n) is 5.61. The number of quaternary nitrogens is 1. The molecule has 0 heterocycles. The zero-order valence-electron chi connectivity index (χ0n) is 16.2. The van der Waals surface area contributed by atoms with Gasteiger partial charge in [0.25, 0.3) is 0 Å². The molecule has 0 aromatic carbocycles. The Kier molecular flexibility index (Phi) is 8.03. The van der Waals surface area contributed by atoms with E-state index < -0.39 is 0 Å². The normalized spacial score (nSPS) is 37.2. The van der Waals surface area contributed by atoms with Crippen LogP contribution < -0.4 is 5.23 Å². The summed E-state index contributed by atoms with van der Waals surface area (Å²) in [4.78, 5) is 6.02. The molecule has 3 saturated carbocycles. The average Bonchev–Trinajstić information content (AvgIpc) is 2.62. The summed E-state index contributed by atoms with van der Waals surface area (Å²) in [5.74, 6) is 1.34. The minimum atomic E-state index is 0.0890. The number of rotatable bonds is 5. The molecule has 146 valence electrons. The van der Waals surface area contributed by atoms with Crippen LogP contribution in [0.25, 0.3) is 0 Å². The quantitative estimate of drug-likeness (QED) is 0.754. The van der Waals surface area contributed by atoms with E-state index in [0.29, 0.717) is 5.92 Å². The summed E-state index contributed by atoms with van der Waals surface area (Å²) >= 11 is 0. The Morgan fingerprint density at radius 1 is 0.720 bits per heavy atom. The molecule has 3 aliphatic carbocycles. The van der Waals surface area contributed by atoms with Crippen LogP contribution in [0, 0.1) is 17.0 Å². The number of hydrogen-bond donors (Lipinski definition) is 1. The van der Waals surface area contributed by atoms with Gasteiger partial charge in [-0.2, -0.15) is 0 Å². The monoisotopic (exact) mass is 353 g/mol. The van der Waals surface area contributed by atoms with Crippen molar-refractivity contribution in [3.63, 3.8) is 0 Å². The zero-order chi connectivity index (χ0) is 17.5. The number of nitrogens with one attached hydrogen (secondary N) is 1. The Morgan fingerprint density at radius 2 is 1.36 bits per heavy atom. The van der Waals surface area contributed by atoms with E-state index in [4.69, 9.17) is 9.57 Å². The molecule has 0 aromatic heterocycles. The maximum atomic E-state index is 13.0. The highest BCUT2D eigenvalue weighted by Crippen LogP contribution is 2.36. The molecule has 5 atom stereocenters. The number of hydroxylamine groups is 2. The van der Waals surface area contributed by atoms with Crippen LogP contribution in [-0.4, -0.2) is 25.4 Å². The van der Waals surface area contributed by atoms with Gasteiger partial charge in [-0.15, -0.1) is 0 Å². The predicted octanol–water partition coefficient (Wildman–Crippen LogP) is 4.18. The van der Waals surface area contributed by atoms with Crippen LogP contribution in [0.3, 0.4) is 0 Å². The van der Waals surface area contributed by atoms with Gasteiger partial charge >= 0.3 is 0 Å². The third-order valence-corrected chi connectivity index (χ3v) is 7.07. The molecular formula is C21H39NO3. The summed E-state index contributed by atoms with van der Waals surface area (Å²) in [6, 6.07) is 0.168. The standard InChI is InChI=1S/C21H39NO3/c1-24-18-12-9-13-19(16-18)25-22(23)21-15-8-7-14-20(21)17-10-5-3-2-4-6-11-17/h17-22H,2-16H2,1H3. The van der Waals surface area contributed by atoms with Gasteiger partial charge in [-0.05, 0) is 50.9 Å². The summed E-state index contributed by atoms with van der Waals surface area (Å²) in [5, 5.41) is 13.1. The van der Waals surface area contributed by atoms with Crippen LogP contribution in [0.2, 0.25) is 0 Å². The molecule has 4 nitrogen and oxygen atoms in total. The first-order chi connectivity index (χ1) is 12.3. The second-order valence-corrected chi connectivity index (χ2v) is 8.74. The Morgan fingerprint density at radius 3 is 2.12 bits per heavy atom. The minimum absolute atomic E-state index is 0.0890. The molecule has 0 bridgehead atoms. The Balaban J connectivity index is 1.57. The fourth-order valence-corrected chi connectivity index (χ4v) is 5.61. The molecule has 1 N–H and O–H groups in total. The molecule has 0 radical (unpaired) electrons. The number of ether oxygens (including phenoxy) is 1. The van der Waals surface area contributed by atoms with Gasteiger partial charge < -0.3 is 9.94 Å². The van der Waals surface area contributed by atoms with Crippen molar-refractivity contribution >= 4 is 0 Å². The van der Waals surface area contributed by atoms with Crippen LogP contribution in [-0.2, 0) is 9.57 Å². The predicted molar refractivity (Wildman–Crippen MR) is 100 cm³/mol. The summed E-state index contributed by atoms with van der Waals surface area (Å²) in [7, 11) is 1.78. The van der Waals surface area contributed by atoms with Gasteiger partial charge in [-0.25, -0.2) is 10.1 Å². The van der Waals surface area contributed by atoms with E-state index >= 15 is 0 Å². The van der Waals surface area contributed by atoms with Gasteiger partial charge in [0.1, 0.15) is 12.1 Å². The van der Waals surface area contributed by atoms with E-state index in [1.54, 1.807) is 7.11 Å². The van der Waals surface area contributed by atoms with Gasteiger partial charge in [-0.3, -0.25) is 0 Å². The van der Waals surface area contributed by atoms with E-state index in [1.165, 1.54) is 64.2 Å². The molecule has 5 unspecified atom stereocenters. The Bertz CT molecular complexity index is 370. The third-order valence-electron chi connectivity index (χ3n) is 7.07. The van der Waals surface area contributed by atoms with Crippen molar-refractivity contribution in [3.8, 4) is 0 Å². The highest BCUT2D eigenvalue weighted by molar-refractivity contribution is 4.82. The van der Waals surface area contributed by atoms with Crippen molar-refractivity contribution in [3.05, 3.63) is 5.21 Å². The zero-order valence-corrected chi connectivity index (χ0v) is 16.2. The molecule has 4 heteroatoms. The molecule has 0 amide bonds. The lowest BCUT2D eigenvalue weighted by molar-refractivity contribution is -1.08. The summed E-state index contributed by atoms with van der Waals surface area (Å²) < 4.78 is 5.50. The van der Waals surface area contributed by atoms with Crippen molar-refractivity contribution in [1.29, 1.82) is 0 Å². The maximum absolute atomic E-state index is 13.0. The third kappa shape index (κ3) is 5.66. The molecule has 0 aromatic rings. The highest BCUT2D eigenvalue weighted by Gasteiger charge is 2.38. The molecule has 3 rings (SSSR count). The fraction of sp³-hybridized carbons (Fsp3) is 1.00. The van der Waals surface area contributed by atoms with E-state index in [1.807, 2.05) is 0 Å². The van der Waals surface area contributed by atoms with Gasteiger partial charge in [0.15, 0.2) is 0 Å². The van der Waals surface area contributed by atoms with Crippen molar-refractivity contribution < 1.29 is 14.8 Å². The smallest absolute Gasteiger partial charge is 0.120 e. The van der Waals surface area contributed by atoms with E-state index in [9.17, 15) is 5.21 Å². The highest BCUT2D eigenvalue weighted by atomic mass is 16.9. The lowest BCUT2D eigenvalue weighted by atomic mass is 9.72.